The molecule has 1 amide bonds. The number of pyridine rings is 1. The lowest BCUT2D eigenvalue weighted by molar-refractivity contribution is -0.121. The van der Waals surface area contributed by atoms with E-state index in [0.717, 1.165) is 0 Å². The molecule has 3 heterocycles. The maximum absolute atomic E-state index is 12.5. The summed E-state index contributed by atoms with van der Waals surface area (Å²) >= 11 is 0. The van der Waals surface area contributed by atoms with Crippen molar-refractivity contribution in [2.75, 3.05) is 18.0 Å². The van der Waals surface area contributed by atoms with Crippen LogP contribution in [0.4, 0.5) is 5.82 Å². The molecule has 6 heteroatoms. The molecule has 19 heavy (non-hydrogen) atoms. The van der Waals surface area contributed by atoms with Gasteiger partial charge in [0, 0.05) is 31.7 Å². The zero-order chi connectivity index (χ0) is 13.1. The van der Waals surface area contributed by atoms with E-state index in [0.29, 0.717) is 24.7 Å². The molecular formula is C13H13N5O. The van der Waals surface area contributed by atoms with Crippen molar-refractivity contribution in [2.45, 2.75) is 6.04 Å². The molecule has 1 aliphatic heterocycles. The van der Waals surface area contributed by atoms with Crippen LogP contribution in [0.15, 0.2) is 42.9 Å². The van der Waals surface area contributed by atoms with E-state index in [4.69, 9.17) is 0 Å². The smallest absolute Gasteiger partial charge is 0.253 e. The lowest BCUT2D eigenvalue weighted by Gasteiger charge is -2.31. The average molecular weight is 255 g/mol. The van der Waals surface area contributed by atoms with Crippen molar-refractivity contribution < 1.29 is 4.79 Å². The third kappa shape index (κ3) is 2.30. The van der Waals surface area contributed by atoms with Crippen LogP contribution < -0.4 is 10.2 Å². The van der Waals surface area contributed by atoms with Crippen LogP contribution in [0.25, 0.3) is 0 Å². The lowest BCUT2D eigenvalue weighted by atomic mass is 10.1. The van der Waals surface area contributed by atoms with E-state index in [1.165, 1.54) is 0 Å². The maximum Gasteiger partial charge on any atom is 0.253 e. The molecule has 1 saturated heterocycles. The minimum Gasteiger partial charge on any atom is -0.298 e. The van der Waals surface area contributed by atoms with Gasteiger partial charge in [-0.25, -0.2) is 15.0 Å². The van der Waals surface area contributed by atoms with E-state index in [1.54, 1.807) is 29.6 Å². The van der Waals surface area contributed by atoms with E-state index < -0.39 is 6.04 Å². The van der Waals surface area contributed by atoms with Crippen LogP contribution >= 0.6 is 0 Å². The second-order valence-electron chi connectivity index (χ2n) is 4.17. The van der Waals surface area contributed by atoms with E-state index in [1.807, 2.05) is 18.2 Å². The Labute approximate surface area is 110 Å². The molecule has 2 aromatic rings. The molecule has 0 aromatic carbocycles. The summed E-state index contributed by atoms with van der Waals surface area (Å²) in [5.41, 5.74) is 0. The molecule has 0 radical (unpaired) electrons. The zero-order valence-corrected chi connectivity index (χ0v) is 10.2. The fourth-order valence-corrected chi connectivity index (χ4v) is 2.08. The van der Waals surface area contributed by atoms with Crippen molar-refractivity contribution in [1.29, 1.82) is 0 Å². The quantitative estimate of drug-likeness (QED) is 0.848. The van der Waals surface area contributed by atoms with Crippen LogP contribution in [-0.2, 0) is 4.79 Å². The monoisotopic (exact) mass is 255 g/mol. The highest BCUT2D eigenvalue weighted by Crippen LogP contribution is 2.19. The van der Waals surface area contributed by atoms with Gasteiger partial charge in [-0.15, -0.1) is 0 Å². The molecule has 1 fully saturated rings. The number of rotatable bonds is 2. The van der Waals surface area contributed by atoms with Crippen LogP contribution in [0, 0.1) is 0 Å². The molecule has 1 unspecified atom stereocenters. The number of aromatic nitrogens is 3. The van der Waals surface area contributed by atoms with Crippen molar-refractivity contribution in [2.24, 2.45) is 0 Å². The molecular weight excluding hydrogens is 242 g/mol. The third-order valence-electron chi connectivity index (χ3n) is 2.97. The Morgan fingerprint density at radius 3 is 2.63 bits per heavy atom. The van der Waals surface area contributed by atoms with Crippen molar-refractivity contribution >= 4 is 11.7 Å². The first kappa shape index (κ1) is 11.7. The van der Waals surface area contributed by atoms with Crippen LogP contribution in [-0.4, -0.2) is 33.9 Å². The normalized spacial score (nSPS) is 19.5. The van der Waals surface area contributed by atoms with Gasteiger partial charge < -0.3 is 0 Å². The van der Waals surface area contributed by atoms with E-state index >= 15 is 0 Å². The van der Waals surface area contributed by atoms with Gasteiger partial charge >= 0.3 is 0 Å². The van der Waals surface area contributed by atoms with Crippen LogP contribution in [0.3, 0.4) is 0 Å². The summed E-state index contributed by atoms with van der Waals surface area (Å²) in [5.74, 6) is 1.08. The fraction of sp³-hybridized carbons (Fsp3) is 0.231. The Bertz CT molecular complexity index is 510. The Morgan fingerprint density at radius 1 is 1.11 bits per heavy atom. The van der Waals surface area contributed by atoms with E-state index in [2.05, 4.69) is 20.3 Å². The van der Waals surface area contributed by atoms with Crippen LogP contribution in [0.2, 0.25) is 0 Å². The zero-order valence-electron chi connectivity index (χ0n) is 10.2. The van der Waals surface area contributed by atoms with Gasteiger partial charge in [-0.2, -0.15) is 0 Å². The number of nitrogens with one attached hydrogen (secondary N) is 1. The summed E-state index contributed by atoms with van der Waals surface area (Å²) in [7, 11) is 0. The first-order valence-corrected chi connectivity index (χ1v) is 6.09. The summed E-state index contributed by atoms with van der Waals surface area (Å²) in [5, 5.41) is 3.14. The Hall–Kier alpha value is -2.34. The summed E-state index contributed by atoms with van der Waals surface area (Å²) < 4.78 is 0. The first-order valence-electron chi connectivity index (χ1n) is 6.09. The molecule has 3 rings (SSSR count). The fourth-order valence-electron chi connectivity index (χ4n) is 2.08. The number of hydrogen-bond donors (Lipinski definition) is 1. The molecule has 1 N–H and O–H groups in total. The summed E-state index contributed by atoms with van der Waals surface area (Å²) in [4.78, 5) is 26.6. The van der Waals surface area contributed by atoms with Crippen LogP contribution in [0.5, 0.6) is 0 Å². The number of carbonyl (C=O) groups excluding carboxylic acids is 1. The number of piperazine rings is 1. The summed E-state index contributed by atoms with van der Waals surface area (Å²) in [6.07, 6.45) is 4.95. The standard InChI is InChI=1S/C13H13N5O/c19-13-11(12-16-6-3-7-17-12)15-8-9-18(13)10-4-1-2-5-14-10/h1-7,11,15H,8-9H2. The molecule has 1 atom stereocenters. The van der Waals surface area contributed by atoms with E-state index in [-0.39, 0.29) is 5.91 Å². The molecule has 0 saturated carbocycles. The van der Waals surface area contributed by atoms with Gasteiger partial charge in [0.15, 0.2) is 5.82 Å². The largest absolute Gasteiger partial charge is 0.298 e. The second-order valence-corrected chi connectivity index (χ2v) is 4.17. The van der Waals surface area contributed by atoms with Crippen molar-refractivity contribution in [3.05, 3.63) is 48.7 Å². The van der Waals surface area contributed by atoms with Gasteiger partial charge in [-0.05, 0) is 18.2 Å². The minimum absolute atomic E-state index is 0.0730. The average Bonchev–Trinajstić information content (AvgIpc) is 2.49. The molecule has 2 aromatic heterocycles. The number of anilines is 1. The number of nitrogens with zero attached hydrogens (tertiary/aromatic N) is 4. The third-order valence-corrected chi connectivity index (χ3v) is 2.97. The van der Waals surface area contributed by atoms with Crippen molar-refractivity contribution in [1.82, 2.24) is 20.3 Å². The Balaban J connectivity index is 1.88. The lowest BCUT2D eigenvalue weighted by Crippen LogP contribution is -2.51. The predicted molar refractivity (Wildman–Crippen MR) is 69.4 cm³/mol. The highest BCUT2D eigenvalue weighted by molar-refractivity contribution is 5.97. The van der Waals surface area contributed by atoms with E-state index in [9.17, 15) is 4.79 Å². The molecule has 0 bridgehead atoms. The summed E-state index contributed by atoms with van der Waals surface area (Å²) in [6, 6.07) is 6.75. The van der Waals surface area contributed by atoms with Crippen molar-refractivity contribution in [3.8, 4) is 0 Å². The van der Waals surface area contributed by atoms with Crippen molar-refractivity contribution in [3.63, 3.8) is 0 Å². The maximum atomic E-state index is 12.5. The van der Waals surface area contributed by atoms with Gasteiger partial charge in [-0.3, -0.25) is 15.0 Å². The minimum atomic E-state index is -0.503. The first-order chi connectivity index (χ1) is 9.36. The highest BCUT2D eigenvalue weighted by atomic mass is 16.2. The number of amides is 1. The molecule has 96 valence electrons. The highest BCUT2D eigenvalue weighted by Gasteiger charge is 2.32. The van der Waals surface area contributed by atoms with Crippen LogP contribution in [0.1, 0.15) is 11.9 Å². The van der Waals surface area contributed by atoms with Gasteiger partial charge in [0.05, 0.1) is 0 Å². The van der Waals surface area contributed by atoms with Gasteiger partial charge in [0.2, 0.25) is 0 Å². The predicted octanol–water partition coefficient (Wildman–Crippen LogP) is 0.549. The number of hydrogen-bond acceptors (Lipinski definition) is 5. The van der Waals surface area contributed by atoms with Gasteiger partial charge in [0.1, 0.15) is 11.9 Å². The SMILES string of the molecule is O=C1C(c2ncccn2)NCCN1c1ccccn1. The molecule has 6 nitrogen and oxygen atoms in total. The van der Waals surface area contributed by atoms with Gasteiger partial charge in [-0.1, -0.05) is 6.07 Å². The molecule has 0 aliphatic carbocycles. The Morgan fingerprint density at radius 2 is 1.89 bits per heavy atom. The second kappa shape index (κ2) is 5.11. The Kier molecular flexibility index (Phi) is 3.16. The number of carbonyl (C=O) groups is 1. The molecule has 1 aliphatic rings. The molecule has 0 spiro atoms. The summed E-state index contributed by atoms with van der Waals surface area (Å²) in [6.45, 7) is 1.28. The topological polar surface area (TPSA) is 71.0 Å². The van der Waals surface area contributed by atoms with Gasteiger partial charge in [0.25, 0.3) is 5.91 Å².